The van der Waals surface area contributed by atoms with Gasteiger partial charge in [-0.2, -0.15) is 0 Å². The van der Waals surface area contributed by atoms with Gasteiger partial charge in [-0.05, 0) is 46.8 Å². The minimum atomic E-state index is 0.775. The smallest absolute Gasteiger partial charge is 0.0635 e. The highest BCUT2D eigenvalue weighted by molar-refractivity contribution is 9.10. The molecular weight excluding hydrogens is 478 g/mol. The van der Waals surface area contributed by atoms with E-state index in [1.165, 1.54) is 129 Å². The van der Waals surface area contributed by atoms with E-state index < -0.39 is 0 Å². The molecule has 3 rings (SSSR count). The van der Waals surface area contributed by atoms with E-state index in [-0.39, 0.29) is 0 Å². The number of aromatic nitrogens is 1. The maximum Gasteiger partial charge on any atom is 0.0635 e. The topological polar surface area (TPSA) is 4.93 Å². The van der Waals surface area contributed by atoms with Gasteiger partial charge in [0.2, 0.25) is 0 Å². The molecule has 0 spiro atoms. The Morgan fingerprint density at radius 2 is 1.15 bits per heavy atom. The highest BCUT2D eigenvalue weighted by Crippen LogP contribution is 2.35. The standard InChI is InChI=1S/C32H48BrN/c1-3-5-7-9-11-12-14-16-21-27(20-15-13-10-8-6-4-2)26-34-31-25-18-17-22-28(31)29-23-19-24-30(33)32(29)34/h17-19,22-25,27H,3-16,20-21,26H2,1-2H3. The van der Waals surface area contributed by atoms with Crippen molar-refractivity contribution in [2.45, 2.75) is 123 Å². The molecule has 3 aromatic rings. The third-order valence-electron chi connectivity index (χ3n) is 7.61. The van der Waals surface area contributed by atoms with Crippen molar-refractivity contribution in [2.24, 2.45) is 5.92 Å². The first kappa shape index (κ1) is 27.3. The van der Waals surface area contributed by atoms with Gasteiger partial charge in [-0.15, -0.1) is 0 Å². The van der Waals surface area contributed by atoms with Crippen molar-refractivity contribution in [1.29, 1.82) is 0 Å². The van der Waals surface area contributed by atoms with Crippen LogP contribution in [0.2, 0.25) is 0 Å². The normalized spacial score (nSPS) is 12.7. The third-order valence-corrected chi connectivity index (χ3v) is 8.25. The molecule has 0 radical (unpaired) electrons. The van der Waals surface area contributed by atoms with Crippen LogP contribution in [0.1, 0.15) is 117 Å². The lowest BCUT2D eigenvalue weighted by molar-refractivity contribution is 0.364. The Hall–Kier alpha value is -1.28. The van der Waals surface area contributed by atoms with Crippen molar-refractivity contribution in [3.63, 3.8) is 0 Å². The van der Waals surface area contributed by atoms with E-state index in [0.717, 1.165) is 12.5 Å². The Labute approximate surface area is 217 Å². The van der Waals surface area contributed by atoms with Gasteiger partial charge in [0.1, 0.15) is 0 Å². The number of hydrogen-bond donors (Lipinski definition) is 0. The minimum absolute atomic E-state index is 0.775. The Morgan fingerprint density at radius 1 is 0.618 bits per heavy atom. The first-order valence-electron chi connectivity index (χ1n) is 14.4. The van der Waals surface area contributed by atoms with E-state index in [1.54, 1.807) is 0 Å². The molecule has 0 N–H and O–H groups in total. The largest absolute Gasteiger partial charge is 0.339 e. The first-order valence-corrected chi connectivity index (χ1v) is 15.2. The molecule has 0 fully saturated rings. The van der Waals surface area contributed by atoms with Gasteiger partial charge in [-0.1, -0.05) is 134 Å². The number of nitrogens with zero attached hydrogens (tertiary/aromatic N) is 1. The summed E-state index contributed by atoms with van der Waals surface area (Å²) in [6, 6.07) is 15.7. The van der Waals surface area contributed by atoms with E-state index >= 15 is 0 Å². The van der Waals surface area contributed by atoms with Crippen LogP contribution in [0.5, 0.6) is 0 Å². The van der Waals surface area contributed by atoms with Crippen molar-refractivity contribution >= 4 is 37.7 Å². The average Bonchev–Trinajstić information content (AvgIpc) is 3.17. The van der Waals surface area contributed by atoms with E-state index in [2.05, 4.69) is 76.8 Å². The van der Waals surface area contributed by atoms with Crippen molar-refractivity contribution in [3.8, 4) is 0 Å². The summed E-state index contributed by atoms with van der Waals surface area (Å²) in [4.78, 5) is 0. The van der Waals surface area contributed by atoms with Crippen LogP contribution in [0.25, 0.3) is 21.8 Å². The van der Waals surface area contributed by atoms with Gasteiger partial charge in [-0.3, -0.25) is 0 Å². The molecule has 0 aliphatic rings. The Morgan fingerprint density at radius 3 is 1.76 bits per heavy atom. The molecule has 1 nitrogen and oxygen atoms in total. The van der Waals surface area contributed by atoms with Gasteiger partial charge in [0.05, 0.1) is 5.52 Å². The zero-order valence-electron chi connectivity index (χ0n) is 22.0. The lowest BCUT2D eigenvalue weighted by Gasteiger charge is -2.20. The fraction of sp³-hybridized carbons (Fsp3) is 0.625. The second-order valence-electron chi connectivity index (χ2n) is 10.4. The van der Waals surface area contributed by atoms with Crippen LogP contribution in [0, 0.1) is 5.92 Å². The molecular formula is C32H48BrN. The van der Waals surface area contributed by atoms with Crippen LogP contribution in [0.3, 0.4) is 0 Å². The molecule has 0 bridgehead atoms. The number of para-hydroxylation sites is 2. The average molecular weight is 527 g/mol. The van der Waals surface area contributed by atoms with Crippen molar-refractivity contribution in [3.05, 3.63) is 46.9 Å². The first-order chi connectivity index (χ1) is 16.8. The molecule has 1 aromatic heterocycles. The van der Waals surface area contributed by atoms with Crippen molar-refractivity contribution in [1.82, 2.24) is 4.57 Å². The van der Waals surface area contributed by atoms with Crippen LogP contribution < -0.4 is 0 Å². The molecule has 1 heterocycles. The molecule has 1 unspecified atom stereocenters. The molecule has 2 aromatic carbocycles. The predicted octanol–water partition coefficient (Wildman–Crippen LogP) is 11.5. The van der Waals surface area contributed by atoms with Gasteiger partial charge in [0, 0.05) is 27.3 Å². The summed E-state index contributed by atoms with van der Waals surface area (Å²) in [5.74, 6) is 0.775. The number of unbranched alkanes of at least 4 members (excludes halogenated alkanes) is 12. The van der Waals surface area contributed by atoms with E-state index in [9.17, 15) is 0 Å². The Balaban J connectivity index is 1.64. The van der Waals surface area contributed by atoms with E-state index in [0.29, 0.717) is 0 Å². The van der Waals surface area contributed by atoms with Crippen molar-refractivity contribution < 1.29 is 0 Å². The lowest BCUT2D eigenvalue weighted by atomic mass is 9.93. The monoisotopic (exact) mass is 525 g/mol. The fourth-order valence-corrected chi connectivity index (χ4v) is 6.20. The van der Waals surface area contributed by atoms with Gasteiger partial charge in [0.15, 0.2) is 0 Å². The fourth-order valence-electron chi connectivity index (χ4n) is 5.62. The number of benzene rings is 2. The van der Waals surface area contributed by atoms with E-state index in [4.69, 9.17) is 0 Å². The summed E-state index contributed by atoms with van der Waals surface area (Å²) in [5, 5.41) is 2.78. The number of fused-ring (bicyclic) bond motifs is 3. The zero-order valence-corrected chi connectivity index (χ0v) is 23.6. The van der Waals surface area contributed by atoms with Crippen LogP contribution in [0.4, 0.5) is 0 Å². The SMILES string of the molecule is CCCCCCCCCCC(CCCCCCCC)Cn1c2ccccc2c2cccc(Br)c21. The third kappa shape index (κ3) is 8.14. The molecule has 2 heteroatoms. The molecule has 0 saturated heterocycles. The van der Waals surface area contributed by atoms with E-state index in [1.807, 2.05) is 0 Å². The predicted molar refractivity (Wildman–Crippen MR) is 156 cm³/mol. The number of halogens is 1. The summed E-state index contributed by atoms with van der Waals surface area (Å²) in [6.45, 7) is 5.77. The van der Waals surface area contributed by atoms with Crippen molar-refractivity contribution in [2.75, 3.05) is 0 Å². The second kappa shape index (κ2) is 15.7. The highest BCUT2D eigenvalue weighted by Gasteiger charge is 2.17. The summed E-state index contributed by atoms with van der Waals surface area (Å²) in [6.07, 6.45) is 22.4. The van der Waals surface area contributed by atoms with Crippen LogP contribution >= 0.6 is 15.9 Å². The number of hydrogen-bond acceptors (Lipinski definition) is 0. The molecule has 0 amide bonds. The summed E-state index contributed by atoms with van der Waals surface area (Å²) < 4.78 is 3.85. The Kier molecular flexibility index (Phi) is 12.6. The van der Waals surface area contributed by atoms with Gasteiger partial charge >= 0.3 is 0 Å². The van der Waals surface area contributed by atoms with Gasteiger partial charge in [0.25, 0.3) is 0 Å². The van der Waals surface area contributed by atoms with Gasteiger partial charge < -0.3 is 4.57 Å². The lowest BCUT2D eigenvalue weighted by Crippen LogP contribution is -2.11. The zero-order chi connectivity index (χ0) is 24.0. The summed E-state index contributed by atoms with van der Waals surface area (Å²) >= 11 is 3.88. The Bertz CT molecular complexity index is 956. The summed E-state index contributed by atoms with van der Waals surface area (Å²) in [7, 11) is 0. The molecule has 0 aliphatic carbocycles. The van der Waals surface area contributed by atoms with Crippen LogP contribution in [-0.2, 0) is 6.54 Å². The minimum Gasteiger partial charge on any atom is -0.339 e. The maximum absolute atomic E-state index is 3.88. The quantitative estimate of drug-likeness (QED) is 0.145. The highest BCUT2D eigenvalue weighted by atomic mass is 79.9. The molecule has 0 aliphatic heterocycles. The second-order valence-corrected chi connectivity index (χ2v) is 11.3. The number of rotatable bonds is 18. The summed E-state index contributed by atoms with van der Waals surface area (Å²) in [5.41, 5.74) is 2.78. The van der Waals surface area contributed by atoms with Gasteiger partial charge in [-0.25, -0.2) is 0 Å². The molecule has 34 heavy (non-hydrogen) atoms. The maximum atomic E-state index is 3.88. The molecule has 0 saturated carbocycles. The van der Waals surface area contributed by atoms with Crippen LogP contribution in [-0.4, -0.2) is 4.57 Å². The molecule has 188 valence electrons. The van der Waals surface area contributed by atoms with Crippen LogP contribution in [0.15, 0.2) is 46.9 Å². The molecule has 1 atom stereocenters.